The Kier molecular flexibility index (Phi) is 8.24. The van der Waals surface area contributed by atoms with Crippen LogP contribution in [0.3, 0.4) is 0 Å². The van der Waals surface area contributed by atoms with Gasteiger partial charge in [-0.15, -0.1) is 0 Å². The summed E-state index contributed by atoms with van der Waals surface area (Å²) in [6.45, 7) is 0. The third kappa shape index (κ3) is 5.10. The van der Waals surface area contributed by atoms with Gasteiger partial charge in [-0.3, -0.25) is 0 Å². The van der Waals surface area contributed by atoms with Gasteiger partial charge in [0.2, 0.25) is 0 Å². The molecular formula is C9H17F2IO. The Hall–Kier alpha value is 0.550. The number of rotatable bonds is 2. The molecule has 0 aromatic rings. The molecule has 1 rings (SSSR count). The lowest BCUT2D eigenvalue weighted by Gasteiger charge is -2.25. The molecule has 0 saturated heterocycles. The highest BCUT2D eigenvalue weighted by molar-refractivity contribution is 14.1. The Morgan fingerprint density at radius 3 is 2.00 bits per heavy atom. The van der Waals surface area contributed by atoms with E-state index >= 15 is 0 Å². The fourth-order valence-corrected chi connectivity index (χ4v) is 1.68. The molecule has 0 aromatic carbocycles. The van der Waals surface area contributed by atoms with Gasteiger partial charge in [0.15, 0.2) is 0 Å². The molecule has 0 heterocycles. The minimum Gasteiger partial charge on any atom is -0.387 e. The largest absolute Gasteiger partial charge is 0.387 e. The van der Waals surface area contributed by atoms with E-state index in [0.717, 1.165) is 32.1 Å². The molecule has 1 atom stereocenters. The van der Waals surface area contributed by atoms with Crippen molar-refractivity contribution < 1.29 is 13.9 Å². The summed E-state index contributed by atoms with van der Waals surface area (Å²) < 4.78 is 23.9. The topological polar surface area (TPSA) is 20.2 Å². The maximum atomic E-state index is 12.0. The van der Waals surface area contributed by atoms with Crippen molar-refractivity contribution in [2.75, 3.05) is 4.93 Å². The third-order valence-corrected chi connectivity index (χ3v) is 2.39. The Labute approximate surface area is 92.0 Å². The third-order valence-electron chi connectivity index (χ3n) is 2.39. The SMILES string of the molecule is CI.OC(C(F)F)C1CCCCC1. The summed E-state index contributed by atoms with van der Waals surface area (Å²) in [5.41, 5.74) is 0. The summed E-state index contributed by atoms with van der Waals surface area (Å²) in [5.74, 6) is -0.149. The first kappa shape index (κ1) is 13.5. The van der Waals surface area contributed by atoms with Crippen LogP contribution in [-0.2, 0) is 0 Å². The average molecular weight is 306 g/mol. The van der Waals surface area contributed by atoms with Crippen molar-refractivity contribution in [3.8, 4) is 0 Å². The minimum absolute atomic E-state index is 0.149. The van der Waals surface area contributed by atoms with Crippen LogP contribution in [0, 0.1) is 5.92 Å². The predicted octanol–water partition coefficient (Wildman–Crippen LogP) is 3.24. The van der Waals surface area contributed by atoms with E-state index in [-0.39, 0.29) is 5.92 Å². The van der Waals surface area contributed by atoms with Crippen LogP contribution in [0.15, 0.2) is 0 Å². The summed E-state index contributed by atoms with van der Waals surface area (Å²) >= 11 is 2.15. The van der Waals surface area contributed by atoms with E-state index in [2.05, 4.69) is 22.6 Å². The monoisotopic (exact) mass is 306 g/mol. The van der Waals surface area contributed by atoms with Crippen molar-refractivity contribution >= 4 is 22.6 Å². The highest BCUT2D eigenvalue weighted by atomic mass is 127. The van der Waals surface area contributed by atoms with Gasteiger partial charge in [-0.2, -0.15) is 0 Å². The molecule has 1 unspecified atom stereocenters. The van der Waals surface area contributed by atoms with Crippen molar-refractivity contribution in [3.05, 3.63) is 0 Å². The van der Waals surface area contributed by atoms with Gasteiger partial charge in [0.05, 0.1) is 0 Å². The average Bonchev–Trinajstić information content (AvgIpc) is 2.21. The van der Waals surface area contributed by atoms with Crippen LogP contribution in [0.4, 0.5) is 8.78 Å². The second kappa shape index (κ2) is 7.91. The molecule has 0 aliphatic heterocycles. The van der Waals surface area contributed by atoms with Crippen LogP contribution >= 0.6 is 22.6 Å². The molecule has 1 aliphatic carbocycles. The van der Waals surface area contributed by atoms with E-state index in [1.807, 2.05) is 4.93 Å². The molecule has 1 fully saturated rings. The zero-order chi connectivity index (χ0) is 10.3. The summed E-state index contributed by atoms with van der Waals surface area (Å²) in [6.07, 6.45) is 0.722. The number of aliphatic hydroxyl groups is 1. The highest BCUT2D eigenvalue weighted by Crippen LogP contribution is 2.28. The van der Waals surface area contributed by atoms with E-state index < -0.39 is 12.5 Å². The van der Waals surface area contributed by atoms with Crippen molar-refractivity contribution in [1.29, 1.82) is 0 Å². The second-order valence-electron chi connectivity index (χ2n) is 3.22. The van der Waals surface area contributed by atoms with Gasteiger partial charge in [-0.1, -0.05) is 41.9 Å². The molecule has 0 aromatic heterocycles. The maximum absolute atomic E-state index is 12.0. The Bertz CT molecular complexity index is 116. The van der Waals surface area contributed by atoms with Gasteiger partial charge in [0.1, 0.15) is 6.10 Å². The van der Waals surface area contributed by atoms with Crippen molar-refractivity contribution in [2.24, 2.45) is 5.92 Å². The van der Waals surface area contributed by atoms with Gasteiger partial charge < -0.3 is 5.11 Å². The smallest absolute Gasteiger partial charge is 0.264 e. The van der Waals surface area contributed by atoms with E-state index in [4.69, 9.17) is 5.11 Å². The Morgan fingerprint density at radius 1 is 1.15 bits per heavy atom. The molecule has 1 saturated carbocycles. The quantitative estimate of drug-likeness (QED) is 0.613. The molecule has 0 radical (unpaired) electrons. The molecular weight excluding hydrogens is 289 g/mol. The standard InChI is InChI=1S/C8H14F2O.CH3I/c9-8(10)7(11)6-4-2-1-3-5-6;1-2/h6-8,11H,1-5H2;1H3. The van der Waals surface area contributed by atoms with Crippen molar-refractivity contribution in [1.82, 2.24) is 0 Å². The lowest BCUT2D eigenvalue weighted by atomic mass is 9.85. The van der Waals surface area contributed by atoms with Crippen molar-refractivity contribution in [2.45, 2.75) is 44.6 Å². The van der Waals surface area contributed by atoms with Gasteiger partial charge >= 0.3 is 0 Å². The summed E-state index contributed by atoms with van der Waals surface area (Å²) in [5, 5.41) is 9.00. The fourth-order valence-electron chi connectivity index (χ4n) is 1.68. The maximum Gasteiger partial charge on any atom is 0.264 e. The molecule has 13 heavy (non-hydrogen) atoms. The summed E-state index contributed by atoms with van der Waals surface area (Å²) in [7, 11) is 0. The number of hydrogen-bond acceptors (Lipinski definition) is 1. The lowest BCUT2D eigenvalue weighted by molar-refractivity contribution is -0.0471. The van der Waals surface area contributed by atoms with Crippen LogP contribution in [0.1, 0.15) is 32.1 Å². The van der Waals surface area contributed by atoms with Crippen molar-refractivity contribution in [3.63, 3.8) is 0 Å². The van der Waals surface area contributed by atoms with E-state index in [0.29, 0.717) is 0 Å². The molecule has 80 valence electrons. The Morgan fingerprint density at radius 2 is 1.62 bits per heavy atom. The van der Waals surface area contributed by atoms with Crippen LogP contribution in [0.25, 0.3) is 0 Å². The molecule has 0 amide bonds. The zero-order valence-corrected chi connectivity index (χ0v) is 10.0. The highest BCUT2D eigenvalue weighted by Gasteiger charge is 2.28. The van der Waals surface area contributed by atoms with Gasteiger partial charge in [-0.05, 0) is 23.7 Å². The molecule has 0 bridgehead atoms. The van der Waals surface area contributed by atoms with Crippen LogP contribution < -0.4 is 0 Å². The van der Waals surface area contributed by atoms with Gasteiger partial charge in [0.25, 0.3) is 6.43 Å². The van der Waals surface area contributed by atoms with E-state index in [9.17, 15) is 8.78 Å². The van der Waals surface area contributed by atoms with Crippen LogP contribution in [0.5, 0.6) is 0 Å². The van der Waals surface area contributed by atoms with Crippen LogP contribution in [0.2, 0.25) is 0 Å². The van der Waals surface area contributed by atoms with Gasteiger partial charge in [0, 0.05) is 0 Å². The Balaban J connectivity index is 0.000000671. The first-order valence-corrected chi connectivity index (χ1v) is 6.71. The number of hydrogen-bond donors (Lipinski definition) is 1. The summed E-state index contributed by atoms with van der Waals surface area (Å²) in [6, 6.07) is 0. The molecule has 0 spiro atoms. The lowest BCUT2D eigenvalue weighted by Crippen LogP contribution is -2.29. The van der Waals surface area contributed by atoms with E-state index in [1.54, 1.807) is 0 Å². The number of aliphatic hydroxyl groups excluding tert-OH is 1. The fraction of sp³-hybridized carbons (Fsp3) is 1.00. The van der Waals surface area contributed by atoms with Gasteiger partial charge in [-0.25, -0.2) is 8.78 Å². The summed E-state index contributed by atoms with van der Waals surface area (Å²) in [4.78, 5) is 1.97. The second-order valence-corrected chi connectivity index (χ2v) is 3.22. The zero-order valence-electron chi connectivity index (χ0n) is 7.85. The first-order chi connectivity index (χ1) is 6.22. The van der Waals surface area contributed by atoms with Crippen LogP contribution in [-0.4, -0.2) is 22.6 Å². The molecule has 4 heteroatoms. The molecule has 1 aliphatic rings. The predicted molar refractivity (Wildman–Crippen MR) is 58.5 cm³/mol. The first-order valence-electron chi connectivity index (χ1n) is 4.56. The van der Waals surface area contributed by atoms with E-state index in [1.165, 1.54) is 0 Å². The number of alkyl halides is 3. The normalized spacial score (nSPS) is 20.8. The number of halogens is 3. The minimum atomic E-state index is -2.56. The molecule has 1 N–H and O–H groups in total. The molecule has 1 nitrogen and oxygen atoms in total.